The largest absolute Gasteiger partial charge is 0.377 e. The van der Waals surface area contributed by atoms with Gasteiger partial charge in [-0.15, -0.1) is 0 Å². The van der Waals surface area contributed by atoms with Crippen LogP contribution in [0.4, 0.5) is 5.69 Å². The lowest BCUT2D eigenvalue weighted by Crippen LogP contribution is -2.31. The maximum absolute atomic E-state index is 9.43. The summed E-state index contributed by atoms with van der Waals surface area (Å²) in [5.41, 5.74) is 2.24. The summed E-state index contributed by atoms with van der Waals surface area (Å²) in [6.07, 6.45) is 2.70. The molecule has 2 heterocycles. The van der Waals surface area contributed by atoms with E-state index in [1.54, 1.807) is 6.20 Å². The van der Waals surface area contributed by atoms with Gasteiger partial charge in [0, 0.05) is 31.3 Å². The van der Waals surface area contributed by atoms with E-state index >= 15 is 0 Å². The van der Waals surface area contributed by atoms with Crippen molar-refractivity contribution in [1.29, 1.82) is 5.26 Å². The molecule has 21 heavy (non-hydrogen) atoms. The lowest BCUT2D eigenvalue weighted by molar-refractivity contribution is 0.0821. The van der Waals surface area contributed by atoms with Crippen LogP contribution in [0.25, 0.3) is 10.9 Å². The predicted octanol–water partition coefficient (Wildman–Crippen LogP) is 3.38. The Bertz CT molecular complexity index is 710. The van der Waals surface area contributed by atoms with Crippen molar-refractivity contribution in [2.45, 2.75) is 19.4 Å². The number of fused-ring (bicyclic) bond motifs is 1. The van der Waals surface area contributed by atoms with Crippen molar-refractivity contribution in [1.82, 2.24) is 4.98 Å². The Morgan fingerprint density at radius 3 is 3.14 bits per heavy atom. The van der Waals surface area contributed by atoms with Crippen molar-refractivity contribution >= 4 is 28.2 Å². The Morgan fingerprint density at radius 2 is 2.33 bits per heavy atom. The summed E-state index contributed by atoms with van der Waals surface area (Å²) in [5.74, 6) is 0. The lowest BCUT2D eigenvalue weighted by Gasteiger charge is -2.26. The van der Waals surface area contributed by atoms with E-state index in [-0.39, 0.29) is 6.10 Å². The summed E-state index contributed by atoms with van der Waals surface area (Å²) in [5, 5.41) is 11.0. The molecule has 1 saturated heterocycles. The molecule has 0 unspecified atom stereocenters. The molecule has 3 rings (SSSR count). The molecule has 0 aliphatic carbocycles. The van der Waals surface area contributed by atoms with E-state index < -0.39 is 0 Å². The third-order valence-electron chi connectivity index (χ3n) is 3.71. The zero-order chi connectivity index (χ0) is 14.8. The average molecular weight is 302 g/mol. The quantitative estimate of drug-likeness (QED) is 0.810. The second-order valence-corrected chi connectivity index (χ2v) is 5.66. The molecule has 108 valence electrons. The van der Waals surface area contributed by atoms with Gasteiger partial charge in [-0.3, -0.25) is 4.98 Å². The maximum Gasteiger partial charge on any atom is 0.103 e. The average Bonchev–Trinajstić information content (AvgIpc) is 2.71. The highest BCUT2D eigenvalue weighted by Gasteiger charge is 2.21. The first-order valence-corrected chi connectivity index (χ1v) is 7.42. The van der Waals surface area contributed by atoms with Gasteiger partial charge in [-0.05, 0) is 19.4 Å². The Kier molecular flexibility index (Phi) is 3.96. The van der Waals surface area contributed by atoms with Gasteiger partial charge < -0.3 is 9.64 Å². The van der Waals surface area contributed by atoms with E-state index in [0.29, 0.717) is 10.6 Å². The number of halogens is 1. The molecule has 4 nitrogen and oxygen atoms in total. The number of nitriles is 1. The third-order valence-corrected chi connectivity index (χ3v) is 4.01. The molecule has 2 aromatic rings. The molecule has 1 aromatic heterocycles. The van der Waals surface area contributed by atoms with E-state index in [4.69, 9.17) is 16.3 Å². The first-order chi connectivity index (χ1) is 10.2. The molecule has 1 aliphatic heterocycles. The molecule has 0 saturated carbocycles. The van der Waals surface area contributed by atoms with Crippen molar-refractivity contribution in [2.75, 3.05) is 24.6 Å². The Labute approximate surface area is 128 Å². The van der Waals surface area contributed by atoms with Gasteiger partial charge >= 0.3 is 0 Å². The molecule has 1 atom stereocenters. The highest BCUT2D eigenvalue weighted by atomic mass is 35.5. The topological polar surface area (TPSA) is 49.2 Å². The van der Waals surface area contributed by atoms with Gasteiger partial charge in [0.05, 0.1) is 27.9 Å². The van der Waals surface area contributed by atoms with Crippen LogP contribution in [0.2, 0.25) is 5.02 Å². The molecular weight excluding hydrogens is 286 g/mol. The maximum atomic E-state index is 9.43. The highest BCUT2D eigenvalue weighted by Crippen LogP contribution is 2.33. The van der Waals surface area contributed by atoms with Gasteiger partial charge in [-0.1, -0.05) is 23.7 Å². The van der Waals surface area contributed by atoms with E-state index in [1.165, 1.54) is 0 Å². The number of benzene rings is 1. The molecular formula is C16H16ClN3O. The van der Waals surface area contributed by atoms with Crippen LogP contribution in [0, 0.1) is 11.3 Å². The van der Waals surface area contributed by atoms with Crippen molar-refractivity contribution in [3.05, 3.63) is 35.0 Å². The van der Waals surface area contributed by atoms with Gasteiger partial charge in [0.15, 0.2) is 0 Å². The normalized spacial score (nSPS) is 19.3. The van der Waals surface area contributed by atoms with Crippen LogP contribution < -0.4 is 4.90 Å². The minimum absolute atomic E-state index is 0.140. The molecule has 0 amide bonds. The zero-order valence-electron chi connectivity index (χ0n) is 11.8. The number of ether oxygens (including phenoxy) is 1. The fourth-order valence-electron chi connectivity index (χ4n) is 2.79. The number of nitrogens with zero attached hydrogens (tertiary/aromatic N) is 3. The first-order valence-electron chi connectivity index (χ1n) is 7.04. The minimum atomic E-state index is 0.140. The monoisotopic (exact) mass is 301 g/mol. The summed E-state index contributed by atoms with van der Waals surface area (Å²) in [6.45, 7) is 4.44. The highest BCUT2D eigenvalue weighted by molar-refractivity contribution is 6.35. The summed E-state index contributed by atoms with van der Waals surface area (Å²) in [4.78, 5) is 6.56. The number of pyridine rings is 1. The Morgan fingerprint density at radius 1 is 1.48 bits per heavy atom. The Balaban J connectivity index is 2.19. The van der Waals surface area contributed by atoms with Crippen LogP contribution in [0.1, 0.15) is 18.9 Å². The van der Waals surface area contributed by atoms with E-state index in [9.17, 15) is 5.26 Å². The smallest absolute Gasteiger partial charge is 0.103 e. The molecule has 0 radical (unpaired) electrons. The van der Waals surface area contributed by atoms with Gasteiger partial charge in [0.2, 0.25) is 0 Å². The molecule has 0 bridgehead atoms. The zero-order valence-corrected chi connectivity index (χ0v) is 12.6. The first kappa shape index (κ1) is 14.1. The van der Waals surface area contributed by atoms with Crippen LogP contribution in [0.5, 0.6) is 0 Å². The standard InChI is InChI=1S/C16H16ClN3O/c1-11-10-20(6-3-7-21-11)16-12(8-18)9-19-15-13(16)4-2-5-14(15)17/h2,4-5,9,11H,3,6-7,10H2,1H3/t11-/m0/s1. The molecule has 1 aliphatic rings. The number of aromatic nitrogens is 1. The Hall–Kier alpha value is -1.83. The molecule has 0 N–H and O–H groups in total. The minimum Gasteiger partial charge on any atom is -0.377 e. The van der Waals surface area contributed by atoms with Crippen molar-refractivity contribution in [3.63, 3.8) is 0 Å². The summed E-state index contributed by atoms with van der Waals surface area (Å²) in [6, 6.07) is 7.94. The van der Waals surface area contributed by atoms with Crippen molar-refractivity contribution < 1.29 is 4.74 Å². The second kappa shape index (κ2) is 5.88. The van der Waals surface area contributed by atoms with E-state index in [0.717, 1.165) is 42.7 Å². The van der Waals surface area contributed by atoms with Gasteiger partial charge in [0.1, 0.15) is 6.07 Å². The fourth-order valence-corrected chi connectivity index (χ4v) is 3.02. The van der Waals surface area contributed by atoms with Crippen LogP contribution in [0.15, 0.2) is 24.4 Å². The third kappa shape index (κ3) is 2.67. The van der Waals surface area contributed by atoms with Gasteiger partial charge in [-0.25, -0.2) is 0 Å². The summed E-state index contributed by atoms with van der Waals surface area (Å²) >= 11 is 6.24. The molecule has 1 fully saturated rings. The van der Waals surface area contributed by atoms with E-state index in [1.807, 2.05) is 18.2 Å². The SMILES string of the molecule is C[C@H]1CN(c2c(C#N)cnc3c(Cl)cccc23)CCCO1. The van der Waals surface area contributed by atoms with Crippen molar-refractivity contribution in [2.24, 2.45) is 0 Å². The fraction of sp³-hybridized carbons (Fsp3) is 0.375. The van der Waals surface area contributed by atoms with Gasteiger partial charge in [-0.2, -0.15) is 5.26 Å². The van der Waals surface area contributed by atoms with E-state index in [2.05, 4.69) is 22.9 Å². The lowest BCUT2D eigenvalue weighted by atomic mass is 10.1. The second-order valence-electron chi connectivity index (χ2n) is 5.25. The number of anilines is 1. The number of hydrogen-bond acceptors (Lipinski definition) is 4. The van der Waals surface area contributed by atoms with Gasteiger partial charge in [0.25, 0.3) is 0 Å². The van der Waals surface area contributed by atoms with Crippen LogP contribution in [-0.4, -0.2) is 30.8 Å². The van der Waals surface area contributed by atoms with Crippen LogP contribution in [0.3, 0.4) is 0 Å². The molecule has 5 heteroatoms. The number of hydrogen-bond donors (Lipinski definition) is 0. The molecule has 1 aromatic carbocycles. The van der Waals surface area contributed by atoms with Crippen molar-refractivity contribution in [3.8, 4) is 6.07 Å². The molecule has 0 spiro atoms. The number of rotatable bonds is 1. The van der Waals surface area contributed by atoms with Crippen LogP contribution >= 0.6 is 11.6 Å². The number of para-hydroxylation sites is 1. The predicted molar refractivity (Wildman–Crippen MR) is 83.7 cm³/mol. The summed E-state index contributed by atoms with van der Waals surface area (Å²) in [7, 11) is 0. The summed E-state index contributed by atoms with van der Waals surface area (Å²) < 4.78 is 5.70. The van der Waals surface area contributed by atoms with Crippen LogP contribution in [-0.2, 0) is 4.74 Å².